The van der Waals surface area contributed by atoms with Gasteiger partial charge in [0, 0.05) is 6.92 Å². The van der Waals surface area contributed by atoms with Crippen molar-refractivity contribution in [3.05, 3.63) is 0 Å². The molecule has 0 rings (SSSR count). The Hall–Kier alpha value is -0.570. The van der Waals surface area contributed by atoms with Gasteiger partial charge < -0.3 is 10.4 Å². The number of hydrogen-bond acceptors (Lipinski definition) is 2. The predicted octanol–water partition coefficient (Wildman–Crippen LogP) is 6.56. The van der Waals surface area contributed by atoms with Crippen LogP contribution in [0.5, 0.6) is 0 Å². The standard InChI is InChI=1S/C19H41N.C2H4O2/c1-3-4-5-6-7-8-9-10-11-12-13-14-15-16-17-18-19-20-2;1-2(3)4/h20H,3-19H2,1-2H3;1H3,(H,3,4). The fourth-order valence-electron chi connectivity index (χ4n) is 2.85. The van der Waals surface area contributed by atoms with Gasteiger partial charge >= 0.3 is 0 Å². The van der Waals surface area contributed by atoms with Crippen LogP contribution in [-0.2, 0) is 4.79 Å². The van der Waals surface area contributed by atoms with Crippen molar-refractivity contribution in [3.8, 4) is 0 Å². The molecule has 0 aliphatic rings. The number of unbranched alkanes of at least 4 members (excludes halogenated alkanes) is 15. The van der Waals surface area contributed by atoms with Gasteiger partial charge in [0.05, 0.1) is 0 Å². The molecule has 24 heavy (non-hydrogen) atoms. The van der Waals surface area contributed by atoms with Gasteiger partial charge in [-0.3, -0.25) is 4.79 Å². The van der Waals surface area contributed by atoms with Crippen LogP contribution in [0.2, 0.25) is 0 Å². The second-order valence-corrected chi connectivity index (χ2v) is 6.93. The van der Waals surface area contributed by atoms with Crippen LogP contribution in [0.4, 0.5) is 0 Å². The first-order valence-electron chi connectivity index (χ1n) is 10.5. The van der Waals surface area contributed by atoms with Crippen LogP contribution >= 0.6 is 0 Å². The number of carbonyl (C=O) groups is 1. The first-order valence-corrected chi connectivity index (χ1v) is 10.5. The fourth-order valence-corrected chi connectivity index (χ4v) is 2.85. The highest BCUT2D eigenvalue weighted by Crippen LogP contribution is 2.13. The minimum absolute atomic E-state index is 0.833. The largest absolute Gasteiger partial charge is 0.481 e. The third-order valence-electron chi connectivity index (χ3n) is 4.28. The van der Waals surface area contributed by atoms with E-state index in [-0.39, 0.29) is 0 Å². The summed E-state index contributed by atoms with van der Waals surface area (Å²) in [5.41, 5.74) is 0. The van der Waals surface area contributed by atoms with Gasteiger partial charge in [-0.1, -0.05) is 103 Å². The molecule has 0 aromatic carbocycles. The zero-order valence-corrected chi connectivity index (χ0v) is 16.9. The third-order valence-corrected chi connectivity index (χ3v) is 4.28. The van der Waals surface area contributed by atoms with Crippen LogP contribution in [0, 0.1) is 0 Å². The maximum Gasteiger partial charge on any atom is 0.300 e. The Morgan fingerprint density at radius 2 is 0.917 bits per heavy atom. The van der Waals surface area contributed by atoms with E-state index in [9.17, 15) is 0 Å². The van der Waals surface area contributed by atoms with Crippen molar-refractivity contribution in [2.45, 2.75) is 117 Å². The van der Waals surface area contributed by atoms with E-state index in [0.717, 1.165) is 6.92 Å². The summed E-state index contributed by atoms with van der Waals surface area (Å²) in [5.74, 6) is -0.833. The molecule has 146 valence electrons. The van der Waals surface area contributed by atoms with E-state index in [1.165, 1.54) is 109 Å². The van der Waals surface area contributed by atoms with Gasteiger partial charge in [-0.15, -0.1) is 0 Å². The number of carboxylic acid groups (broad SMARTS) is 1. The van der Waals surface area contributed by atoms with Gasteiger partial charge in [-0.05, 0) is 20.0 Å². The van der Waals surface area contributed by atoms with E-state index in [1.54, 1.807) is 0 Å². The second-order valence-electron chi connectivity index (χ2n) is 6.93. The Balaban J connectivity index is 0. The number of aliphatic carboxylic acids is 1. The van der Waals surface area contributed by atoms with Crippen LogP contribution in [0.3, 0.4) is 0 Å². The topological polar surface area (TPSA) is 49.3 Å². The molecule has 3 heteroatoms. The predicted molar refractivity (Wildman–Crippen MR) is 107 cm³/mol. The zero-order valence-electron chi connectivity index (χ0n) is 16.9. The number of nitrogens with one attached hydrogen (secondary N) is 1. The fraction of sp³-hybridized carbons (Fsp3) is 0.952. The molecule has 0 amide bonds. The summed E-state index contributed by atoms with van der Waals surface area (Å²) >= 11 is 0. The van der Waals surface area contributed by atoms with Crippen molar-refractivity contribution in [2.24, 2.45) is 0 Å². The van der Waals surface area contributed by atoms with E-state index >= 15 is 0 Å². The quantitative estimate of drug-likeness (QED) is 0.294. The minimum atomic E-state index is -0.833. The SMILES string of the molecule is CC(=O)O.CCCCCCCCCCCCCCCCCCNC. The van der Waals surface area contributed by atoms with E-state index in [2.05, 4.69) is 12.2 Å². The number of carboxylic acids is 1. The summed E-state index contributed by atoms with van der Waals surface area (Å²) in [6.45, 7) is 4.57. The Morgan fingerprint density at radius 1 is 0.667 bits per heavy atom. The van der Waals surface area contributed by atoms with Gasteiger partial charge in [0.2, 0.25) is 0 Å². The lowest BCUT2D eigenvalue weighted by molar-refractivity contribution is -0.134. The van der Waals surface area contributed by atoms with E-state index in [4.69, 9.17) is 9.90 Å². The molecule has 0 fully saturated rings. The second kappa shape index (κ2) is 24.7. The molecule has 0 atom stereocenters. The molecule has 0 saturated heterocycles. The van der Waals surface area contributed by atoms with Gasteiger partial charge in [0.1, 0.15) is 0 Å². The first-order chi connectivity index (χ1) is 11.6. The minimum Gasteiger partial charge on any atom is -0.481 e. The average molecular weight is 344 g/mol. The van der Waals surface area contributed by atoms with Crippen molar-refractivity contribution in [1.82, 2.24) is 5.32 Å². The molecular formula is C21H45NO2. The van der Waals surface area contributed by atoms with Crippen molar-refractivity contribution in [2.75, 3.05) is 13.6 Å². The molecule has 2 N–H and O–H groups in total. The van der Waals surface area contributed by atoms with Crippen molar-refractivity contribution < 1.29 is 9.90 Å². The molecule has 0 aromatic heterocycles. The summed E-state index contributed by atoms with van der Waals surface area (Å²) in [6.07, 6.45) is 23.2. The van der Waals surface area contributed by atoms with Crippen LogP contribution in [0.1, 0.15) is 117 Å². The summed E-state index contributed by atoms with van der Waals surface area (Å²) < 4.78 is 0. The van der Waals surface area contributed by atoms with E-state index in [0.29, 0.717) is 0 Å². The smallest absolute Gasteiger partial charge is 0.300 e. The summed E-state index contributed by atoms with van der Waals surface area (Å²) in [7, 11) is 2.05. The van der Waals surface area contributed by atoms with Gasteiger partial charge in [0.15, 0.2) is 0 Å². The Kier molecular flexibility index (Phi) is 26.4. The van der Waals surface area contributed by atoms with Gasteiger partial charge in [-0.2, -0.15) is 0 Å². The summed E-state index contributed by atoms with van der Waals surface area (Å²) in [4.78, 5) is 9.00. The summed E-state index contributed by atoms with van der Waals surface area (Å²) in [6, 6.07) is 0. The van der Waals surface area contributed by atoms with Crippen LogP contribution in [0.25, 0.3) is 0 Å². The average Bonchev–Trinajstić information content (AvgIpc) is 2.54. The lowest BCUT2D eigenvalue weighted by Gasteiger charge is -2.03. The molecule has 0 aromatic rings. The van der Waals surface area contributed by atoms with E-state index < -0.39 is 5.97 Å². The Bertz CT molecular complexity index is 210. The van der Waals surface area contributed by atoms with Crippen LogP contribution in [-0.4, -0.2) is 24.7 Å². The maximum absolute atomic E-state index is 9.00. The zero-order chi connectivity index (χ0) is 18.3. The summed E-state index contributed by atoms with van der Waals surface area (Å²) in [5, 5.41) is 10.6. The molecule has 0 spiro atoms. The highest BCUT2D eigenvalue weighted by atomic mass is 16.4. The van der Waals surface area contributed by atoms with Crippen molar-refractivity contribution >= 4 is 5.97 Å². The molecule has 0 aliphatic heterocycles. The number of hydrogen-bond donors (Lipinski definition) is 2. The van der Waals surface area contributed by atoms with Crippen LogP contribution in [0.15, 0.2) is 0 Å². The lowest BCUT2D eigenvalue weighted by atomic mass is 10.0. The molecule has 0 bridgehead atoms. The molecule has 0 heterocycles. The lowest BCUT2D eigenvalue weighted by Crippen LogP contribution is -2.06. The molecule has 0 radical (unpaired) electrons. The maximum atomic E-state index is 9.00. The van der Waals surface area contributed by atoms with E-state index in [1.807, 2.05) is 7.05 Å². The third kappa shape index (κ3) is 33.1. The monoisotopic (exact) mass is 343 g/mol. The van der Waals surface area contributed by atoms with Gasteiger partial charge in [-0.25, -0.2) is 0 Å². The molecular weight excluding hydrogens is 298 g/mol. The molecule has 0 saturated carbocycles. The van der Waals surface area contributed by atoms with Crippen LogP contribution < -0.4 is 5.32 Å². The molecule has 0 aliphatic carbocycles. The van der Waals surface area contributed by atoms with Crippen molar-refractivity contribution in [1.29, 1.82) is 0 Å². The Labute approximate surface area is 152 Å². The highest BCUT2D eigenvalue weighted by molar-refractivity contribution is 5.62. The highest BCUT2D eigenvalue weighted by Gasteiger charge is 1.94. The number of rotatable bonds is 17. The molecule has 0 unspecified atom stereocenters. The first kappa shape index (κ1) is 25.7. The molecule has 3 nitrogen and oxygen atoms in total. The normalized spacial score (nSPS) is 10.3. The Morgan fingerprint density at radius 3 is 1.17 bits per heavy atom. The van der Waals surface area contributed by atoms with Gasteiger partial charge in [0.25, 0.3) is 5.97 Å². The van der Waals surface area contributed by atoms with Crippen molar-refractivity contribution in [3.63, 3.8) is 0 Å².